The third-order valence-electron chi connectivity index (χ3n) is 5.80. The molecule has 1 amide bonds. The Morgan fingerprint density at radius 1 is 1.23 bits per heavy atom. The van der Waals surface area contributed by atoms with E-state index < -0.39 is 23.8 Å². The number of aryl methyl sites for hydroxylation is 1. The van der Waals surface area contributed by atoms with Crippen molar-refractivity contribution in [2.45, 2.75) is 25.6 Å². The first-order chi connectivity index (χ1) is 16.6. The lowest BCUT2D eigenvalue weighted by Gasteiger charge is -2.32. The van der Waals surface area contributed by atoms with E-state index in [9.17, 15) is 22.8 Å². The molecule has 0 saturated heterocycles. The van der Waals surface area contributed by atoms with Crippen LogP contribution in [0, 0.1) is 0 Å². The maximum atomic E-state index is 13.2. The molecule has 0 radical (unpaired) electrons. The van der Waals surface area contributed by atoms with Crippen molar-refractivity contribution < 1.29 is 18.0 Å². The summed E-state index contributed by atoms with van der Waals surface area (Å²) in [5.74, 6) is -0.552. The van der Waals surface area contributed by atoms with Crippen LogP contribution in [0.25, 0.3) is 17.1 Å². The van der Waals surface area contributed by atoms with E-state index in [2.05, 4.69) is 30.1 Å². The third kappa shape index (κ3) is 3.86. The van der Waals surface area contributed by atoms with Gasteiger partial charge in [-0.2, -0.15) is 18.3 Å². The molecular weight excluding hydrogens is 467 g/mol. The molecule has 1 N–H and O–H groups in total. The first-order valence-corrected chi connectivity index (χ1v) is 10.5. The van der Waals surface area contributed by atoms with E-state index in [1.165, 1.54) is 33.0 Å². The fourth-order valence-electron chi connectivity index (χ4n) is 4.16. The molecule has 4 aromatic heterocycles. The molecule has 0 saturated carbocycles. The average molecular weight is 485 g/mol. The van der Waals surface area contributed by atoms with Crippen LogP contribution in [0.4, 0.5) is 13.2 Å². The topological polar surface area (TPSA) is 127 Å². The SMILES string of the molecule is C[C@H]1c2nn(C)c(-c3cncc(C(F)(F)F)n3)c2CCN1C(=O)c1ncn(-c2ccc[nH]c2=O)n1. The van der Waals surface area contributed by atoms with Crippen molar-refractivity contribution in [2.24, 2.45) is 7.05 Å². The second-order valence-electron chi connectivity index (χ2n) is 7.95. The van der Waals surface area contributed by atoms with Gasteiger partial charge in [0.1, 0.15) is 17.7 Å². The number of aromatic nitrogens is 8. The number of nitrogens with zero attached hydrogens (tertiary/aromatic N) is 8. The van der Waals surface area contributed by atoms with Crippen molar-refractivity contribution in [1.29, 1.82) is 0 Å². The van der Waals surface area contributed by atoms with Gasteiger partial charge >= 0.3 is 6.18 Å². The molecular formula is C21H18F3N9O2. The highest BCUT2D eigenvalue weighted by Gasteiger charge is 2.37. The van der Waals surface area contributed by atoms with Gasteiger partial charge in [-0.3, -0.25) is 19.3 Å². The van der Waals surface area contributed by atoms with E-state index in [4.69, 9.17) is 0 Å². The quantitative estimate of drug-likeness (QED) is 0.470. The molecule has 0 unspecified atom stereocenters. The Bertz CT molecular complexity index is 1490. The van der Waals surface area contributed by atoms with Crippen LogP contribution in [0.5, 0.6) is 0 Å². The van der Waals surface area contributed by atoms with Gasteiger partial charge in [0.05, 0.1) is 29.8 Å². The number of amides is 1. The highest BCUT2D eigenvalue weighted by atomic mass is 19.4. The normalized spacial score (nSPS) is 15.8. The molecule has 11 nitrogen and oxygen atoms in total. The summed E-state index contributed by atoms with van der Waals surface area (Å²) in [5, 5.41) is 8.63. The number of carbonyl (C=O) groups excluding carboxylic acids is 1. The van der Waals surface area contributed by atoms with Crippen LogP contribution in [0.3, 0.4) is 0 Å². The average Bonchev–Trinajstić information content (AvgIpc) is 3.44. The van der Waals surface area contributed by atoms with Crippen molar-refractivity contribution in [3.8, 4) is 17.1 Å². The second kappa shape index (κ2) is 8.14. The van der Waals surface area contributed by atoms with Crippen molar-refractivity contribution in [3.05, 3.63) is 70.2 Å². The zero-order valence-electron chi connectivity index (χ0n) is 18.5. The molecule has 14 heteroatoms. The predicted octanol–water partition coefficient (Wildman–Crippen LogP) is 1.92. The minimum atomic E-state index is -4.63. The van der Waals surface area contributed by atoms with Crippen LogP contribution >= 0.6 is 0 Å². The Labute approximate surface area is 195 Å². The van der Waals surface area contributed by atoms with Crippen LogP contribution in [0.15, 0.2) is 41.8 Å². The zero-order valence-corrected chi connectivity index (χ0v) is 18.5. The van der Waals surface area contributed by atoms with Gasteiger partial charge in [-0.25, -0.2) is 14.6 Å². The number of hydrogen-bond acceptors (Lipinski definition) is 7. The molecule has 5 heterocycles. The number of halogens is 3. The number of pyridine rings is 1. The maximum absolute atomic E-state index is 13.2. The minimum Gasteiger partial charge on any atom is -0.327 e. The first kappa shape index (κ1) is 22.4. The van der Waals surface area contributed by atoms with E-state index in [-0.39, 0.29) is 29.3 Å². The lowest BCUT2D eigenvalue weighted by molar-refractivity contribution is -0.141. The summed E-state index contributed by atoms with van der Waals surface area (Å²) in [4.78, 5) is 40.7. The Morgan fingerprint density at radius 3 is 2.77 bits per heavy atom. The van der Waals surface area contributed by atoms with E-state index in [0.29, 0.717) is 29.6 Å². The number of H-pyrrole nitrogens is 1. The first-order valence-electron chi connectivity index (χ1n) is 10.5. The number of rotatable bonds is 3. The molecule has 0 fully saturated rings. The number of alkyl halides is 3. The fraction of sp³-hybridized carbons (Fsp3) is 0.286. The molecule has 1 aliphatic rings. The summed E-state index contributed by atoms with van der Waals surface area (Å²) in [7, 11) is 1.61. The van der Waals surface area contributed by atoms with Gasteiger partial charge in [0.25, 0.3) is 11.5 Å². The summed E-state index contributed by atoms with van der Waals surface area (Å²) in [5.41, 5.74) is 0.451. The minimum absolute atomic E-state index is 0.0524. The molecule has 0 aliphatic carbocycles. The lowest BCUT2D eigenvalue weighted by atomic mass is 9.97. The molecule has 1 aliphatic heterocycles. The molecule has 1 atom stereocenters. The van der Waals surface area contributed by atoms with E-state index in [1.807, 2.05) is 0 Å². The van der Waals surface area contributed by atoms with Gasteiger partial charge in [-0.05, 0) is 25.5 Å². The second-order valence-corrected chi connectivity index (χ2v) is 7.95. The molecule has 4 aromatic rings. The summed E-state index contributed by atoms with van der Waals surface area (Å²) in [6.45, 7) is 2.03. The fourth-order valence-corrected chi connectivity index (χ4v) is 4.16. The van der Waals surface area contributed by atoms with E-state index >= 15 is 0 Å². The lowest BCUT2D eigenvalue weighted by Crippen LogP contribution is -2.39. The van der Waals surface area contributed by atoms with E-state index in [1.54, 1.807) is 26.1 Å². The largest absolute Gasteiger partial charge is 0.434 e. The summed E-state index contributed by atoms with van der Waals surface area (Å²) >= 11 is 0. The van der Waals surface area contributed by atoms with Crippen LogP contribution in [0.1, 0.15) is 40.5 Å². The van der Waals surface area contributed by atoms with Gasteiger partial charge in [0.15, 0.2) is 5.69 Å². The third-order valence-corrected chi connectivity index (χ3v) is 5.80. The van der Waals surface area contributed by atoms with Gasteiger partial charge in [-0.15, -0.1) is 5.10 Å². The van der Waals surface area contributed by atoms with Crippen molar-refractivity contribution in [3.63, 3.8) is 0 Å². The number of aromatic amines is 1. The Morgan fingerprint density at radius 2 is 2.03 bits per heavy atom. The van der Waals surface area contributed by atoms with Crippen LogP contribution in [-0.4, -0.2) is 56.8 Å². The number of hydrogen-bond donors (Lipinski definition) is 1. The van der Waals surface area contributed by atoms with Crippen LogP contribution in [0.2, 0.25) is 0 Å². The maximum Gasteiger partial charge on any atom is 0.434 e. The standard InChI is InChI=1S/C21H18F3N9O2/c1-11-16-12(17(31(2)29-16)13-8-25-9-15(28-13)21(22,23)24)5-7-32(11)20(35)18-27-10-33(30-18)14-4-3-6-26-19(14)34/h3-4,6,8-11H,5,7H2,1-2H3,(H,26,34)/t11-/m0/s1. The number of nitrogens with one attached hydrogen (secondary N) is 1. The monoisotopic (exact) mass is 485 g/mol. The highest BCUT2D eigenvalue weighted by molar-refractivity contribution is 5.91. The smallest absolute Gasteiger partial charge is 0.327 e. The van der Waals surface area contributed by atoms with E-state index in [0.717, 1.165) is 0 Å². The van der Waals surface area contributed by atoms with Crippen LogP contribution < -0.4 is 5.56 Å². The van der Waals surface area contributed by atoms with Crippen LogP contribution in [-0.2, 0) is 19.6 Å². The molecule has 0 bridgehead atoms. The number of fused-ring (bicyclic) bond motifs is 1. The number of carbonyl (C=O) groups is 1. The summed E-state index contributed by atoms with van der Waals surface area (Å²) < 4.78 is 42.1. The molecule has 35 heavy (non-hydrogen) atoms. The predicted molar refractivity (Wildman–Crippen MR) is 114 cm³/mol. The van der Waals surface area contributed by atoms with Crippen molar-refractivity contribution in [2.75, 3.05) is 6.54 Å². The molecule has 0 spiro atoms. The van der Waals surface area contributed by atoms with Crippen molar-refractivity contribution >= 4 is 5.91 Å². The highest BCUT2D eigenvalue weighted by Crippen LogP contribution is 2.36. The summed E-state index contributed by atoms with van der Waals surface area (Å²) in [6.07, 6.45) is 0.406. The molecule has 0 aromatic carbocycles. The van der Waals surface area contributed by atoms with Gasteiger partial charge in [-0.1, -0.05) is 0 Å². The Balaban J connectivity index is 1.45. The van der Waals surface area contributed by atoms with Gasteiger partial charge in [0, 0.05) is 25.4 Å². The van der Waals surface area contributed by atoms with Crippen molar-refractivity contribution in [1.82, 2.24) is 44.4 Å². The summed E-state index contributed by atoms with van der Waals surface area (Å²) in [6, 6.07) is 2.67. The molecule has 180 valence electrons. The Kier molecular flexibility index (Phi) is 5.22. The van der Waals surface area contributed by atoms with Gasteiger partial charge < -0.3 is 9.88 Å². The van der Waals surface area contributed by atoms with Gasteiger partial charge in [0.2, 0.25) is 5.82 Å². The Hall–Kier alpha value is -4.36. The zero-order chi connectivity index (χ0) is 24.9. The molecule has 5 rings (SSSR count).